The lowest BCUT2D eigenvalue weighted by Gasteiger charge is -2.05. The SMILES string of the molecule is CC(C)NCC(=O)NSS. The van der Waals surface area contributed by atoms with Crippen LogP contribution in [0.15, 0.2) is 0 Å². The van der Waals surface area contributed by atoms with Crippen molar-refractivity contribution in [2.45, 2.75) is 19.9 Å². The summed E-state index contributed by atoms with van der Waals surface area (Å²) >= 11 is 3.76. The summed E-state index contributed by atoms with van der Waals surface area (Å²) < 4.78 is 2.48. The van der Waals surface area contributed by atoms with E-state index in [-0.39, 0.29) is 5.91 Å². The molecule has 0 fully saturated rings. The highest BCUT2D eigenvalue weighted by Gasteiger charge is 1.99. The lowest BCUT2D eigenvalue weighted by Crippen LogP contribution is -2.33. The molecule has 0 aromatic rings. The van der Waals surface area contributed by atoms with Gasteiger partial charge >= 0.3 is 0 Å². The predicted molar refractivity (Wildman–Crippen MR) is 47.9 cm³/mol. The highest BCUT2D eigenvalue weighted by molar-refractivity contribution is 8.68. The van der Waals surface area contributed by atoms with Gasteiger partial charge in [-0.1, -0.05) is 25.5 Å². The first-order chi connectivity index (χ1) is 4.66. The minimum Gasteiger partial charge on any atom is -0.306 e. The average Bonchev–Trinajstić information content (AvgIpc) is 1.85. The molecule has 0 aromatic heterocycles. The third kappa shape index (κ3) is 6.25. The van der Waals surface area contributed by atoms with E-state index in [9.17, 15) is 4.79 Å². The van der Waals surface area contributed by atoms with E-state index in [0.717, 1.165) is 11.0 Å². The molecule has 3 nitrogen and oxygen atoms in total. The van der Waals surface area contributed by atoms with Crippen molar-refractivity contribution in [3.63, 3.8) is 0 Å². The van der Waals surface area contributed by atoms with E-state index in [0.29, 0.717) is 12.6 Å². The zero-order valence-corrected chi connectivity index (χ0v) is 7.76. The van der Waals surface area contributed by atoms with Crippen LogP contribution in [0.25, 0.3) is 0 Å². The van der Waals surface area contributed by atoms with Gasteiger partial charge in [-0.2, -0.15) is 0 Å². The molecule has 5 heteroatoms. The summed E-state index contributed by atoms with van der Waals surface area (Å²) in [5, 5.41) is 2.97. The molecule has 0 saturated carbocycles. The molecule has 0 aliphatic carbocycles. The van der Waals surface area contributed by atoms with Crippen LogP contribution in [0, 0.1) is 0 Å². The molecule has 2 N–H and O–H groups in total. The molecule has 0 saturated heterocycles. The third-order valence-electron chi connectivity index (χ3n) is 0.830. The molecule has 0 aromatic carbocycles. The molecule has 0 spiro atoms. The fraction of sp³-hybridized carbons (Fsp3) is 0.800. The Labute approximate surface area is 70.3 Å². The first kappa shape index (κ1) is 10.1. The van der Waals surface area contributed by atoms with Crippen LogP contribution in [0.3, 0.4) is 0 Å². The van der Waals surface area contributed by atoms with E-state index in [1.54, 1.807) is 0 Å². The highest BCUT2D eigenvalue weighted by atomic mass is 33.1. The smallest absolute Gasteiger partial charge is 0.244 e. The number of thiol groups is 1. The van der Waals surface area contributed by atoms with E-state index in [1.165, 1.54) is 0 Å². The largest absolute Gasteiger partial charge is 0.306 e. The zero-order valence-electron chi connectivity index (χ0n) is 6.05. The van der Waals surface area contributed by atoms with Crippen LogP contribution in [-0.2, 0) is 4.79 Å². The van der Waals surface area contributed by atoms with Crippen LogP contribution in [0.2, 0.25) is 0 Å². The van der Waals surface area contributed by atoms with Crippen LogP contribution in [0.5, 0.6) is 0 Å². The van der Waals surface area contributed by atoms with Crippen molar-refractivity contribution in [3.8, 4) is 0 Å². The van der Waals surface area contributed by atoms with Gasteiger partial charge in [0.05, 0.1) is 6.54 Å². The monoisotopic (exact) mass is 180 g/mol. The number of rotatable bonds is 4. The molecule has 0 atom stereocenters. The van der Waals surface area contributed by atoms with Crippen molar-refractivity contribution in [1.82, 2.24) is 10.0 Å². The minimum atomic E-state index is -0.0475. The second-order valence-electron chi connectivity index (χ2n) is 2.15. The van der Waals surface area contributed by atoms with Gasteiger partial charge in [0.15, 0.2) is 0 Å². The fourth-order valence-corrected chi connectivity index (χ4v) is 0.863. The van der Waals surface area contributed by atoms with Gasteiger partial charge in [0.1, 0.15) is 0 Å². The number of nitrogens with one attached hydrogen (secondary N) is 2. The summed E-state index contributed by atoms with van der Waals surface area (Å²) in [6.07, 6.45) is 0. The number of hydrogen-bond donors (Lipinski definition) is 3. The standard InChI is InChI=1S/C5H12N2OS2/c1-4(2)6-3-5(8)7-10-9/h4,6,9H,3H2,1-2H3,(H,7,8). The Morgan fingerprint density at radius 1 is 1.70 bits per heavy atom. The van der Waals surface area contributed by atoms with Crippen LogP contribution in [0.1, 0.15) is 13.8 Å². The molecular formula is C5H12N2OS2. The van der Waals surface area contributed by atoms with Crippen molar-refractivity contribution in [1.29, 1.82) is 0 Å². The molecule has 0 radical (unpaired) electrons. The zero-order chi connectivity index (χ0) is 7.98. The van der Waals surface area contributed by atoms with Crippen molar-refractivity contribution in [2.24, 2.45) is 0 Å². The lowest BCUT2D eigenvalue weighted by atomic mass is 10.4. The Morgan fingerprint density at radius 3 is 2.70 bits per heavy atom. The van der Waals surface area contributed by atoms with Gasteiger partial charge in [-0.25, -0.2) is 0 Å². The summed E-state index contributed by atoms with van der Waals surface area (Å²) in [6, 6.07) is 0.343. The van der Waals surface area contributed by atoms with Crippen molar-refractivity contribution in [3.05, 3.63) is 0 Å². The Kier molecular flexibility index (Phi) is 5.96. The maximum absolute atomic E-state index is 10.7. The summed E-state index contributed by atoms with van der Waals surface area (Å²) in [7, 11) is 1.02. The first-order valence-corrected chi connectivity index (χ1v) is 4.86. The van der Waals surface area contributed by atoms with Gasteiger partial charge in [0.2, 0.25) is 5.91 Å². The fourth-order valence-electron chi connectivity index (χ4n) is 0.384. The topological polar surface area (TPSA) is 41.1 Å². The quantitative estimate of drug-likeness (QED) is 0.337. The van der Waals surface area contributed by atoms with Crippen LogP contribution in [-0.4, -0.2) is 18.5 Å². The summed E-state index contributed by atoms with van der Waals surface area (Å²) in [5.41, 5.74) is 0. The Bertz CT molecular complexity index is 108. The van der Waals surface area contributed by atoms with Gasteiger partial charge in [-0.15, -0.1) is 0 Å². The van der Waals surface area contributed by atoms with Crippen molar-refractivity contribution >= 4 is 28.5 Å². The first-order valence-electron chi connectivity index (χ1n) is 2.99. The maximum atomic E-state index is 10.7. The van der Waals surface area contributed by atoms with Gasteiger partial charge < -0.3 is 5.32 Å². The van der Waals surface area contributed by atoms with Gasteiger partial charge in [-0.05, 0) is 0 Å². The summed E-state index contributed by atoms with van der Waals surface area (Å²) in [4.78, 5) is 10.7. The van der Waals surface area contributed by atoms with Crippen molar-refractivity contribution in [2.75, 3.05) is 6.54 Å². The van der Waals surface area contributed by atoms with Gasteiger partial charge in [0, 0.05) is 17.0 Å². The van der Waals surface area contributed by atoms with Crippen LogP contribution in [0.4, 0.5) is 0 Å². The Hall–Kier alpha value is 0.130. The van der Waals surface area contributed by atoms with E-state index in [1.807, 2.05) is 13.8 Å². The maximum Gasteiger partial charge on any atom is 0.244 e. The van der Waals surface area contributed by atoms with E-state index < -0.39 is 0 Å². The third-order valence-corrected chi connectivity index (χ3v) is 1.42. The predicted octanol–water partition coefficient (Wildman–Crippen LogP) is 0.594. The molecule has 0 aliphatic heterocycles. The van der Waals surface area contributed by atoms with Crippen molar-refractivity contribution < 1.29 is 4.79 Å². The summed E-state index contributed by atoms with van der Waals surface area (Å²) in [6.45, 7) is 4.33. The molecule has 0 bridgehead atoms. The lowest BCUT2D eigenvalue weighted by molar-refractivity contribution is -0.118. The number of carbonyl (C=O) groups is 1. The number of carbonyl (C=O) groups excluding carboxylic acids is 1. The number of amides is 1. The molecule has 60 valence electrons. The molecule has 1 amide bonds. The van der Waals surface area contributed by atoms with Gasteiger partial charge in [0.25, 0.3) is 0 Å². The molecule has 0 rings (SSSR count). The summed E-state index contributed by atoms with van der Waals surface area (Å²) in [5.74, 6) is -0.0475. The Balaban J connectivity index is 3.22. The molecule has 10 heavy (non-hydrogen) atoms. The molecule has 0 unspecified atom stereocenters. The minimum absolute atomic E-state index is 0.0475. The van der Waals surface area contributed by atoms with Crippen LogP contribution < -0.4 is 10.0 Å². The Morgan fingerprint density at radius 2 is 2.30 bits per heavy atom. The second-order valence-corrected chi connectivity index (χ2v) is 3.09. The van der Waals surface area contributed by atoms with Gasteiger partial charge in [-0.3, -0.25) is 9.52 Å². The van der Waals surface area contributed by atoms with E-state index in [2.05, 4.69) is 21.7 Å². The average molecular weight is 180 g/mol. The normalized spacial score (nSPS) is 10.0. The number of hydrogen-bond acceptors (Lipinski definition) is 4. The molecule has 0 heterocycles. The van der Waals surface area contributed by atoms with E-state index in [4.69, 9.17) is 0 Å². The highest BCUT2D eigenvalue weighted by Crippen LogP contribution is 1.95. The molecule has 0 aliphatic rings. The molecular weight excluding hydrogens is 168 g/mol. The van der Waals surface area contributed by atoms with E-state index >= 15 is 0 Å². The second kappa shape index (κ2) is 5.88. The van der Waals surface area contributed by atoms with Crippen LogP contribution >= 0.6 is 22.6 Å².